The minimum Gasteiger partial charge on any atom is -0.341 e. The first-order valence-corrected chi connectivity index (χ1v) is 3.67. The van der Waals surface area contributed by atoms with Crippen molar-refractivity contribution in [3.8, 4) is 0 Å². The summed E-state index contributed by atoms with van der Waals surface area (Å²) in [6, 6.07) is 1.84. The van der Waals surface area contributed by atoms with Crippen LogP contribution < -0.4 is 4.90 Å². The standard InChI is InChI=1S/C7H9N3.HO2/c1-3-8-7(9-4-1)10-5-2-6-10;1-2/h1,3-4H,2,5-6H2;1H. The molecule has 0 spiro atoms. The summed E-state index contributed by atoms with van der Waals surface area (Å²) in [5, 5.41) is 13.0. The zero-order valence-electron chi connectivity index (χ0n) is 6.55. The fourth-order valence-corrected chi connectivity index (χ4v) is 0.971. The molecule has 2 heterocycles. The normalized spacial score (nSPS) is 14.3. The highest BCUT2D eigenvalue weighted by Crippen LogP contribution is 2.12. The van der Waals surface area contributed by atoms with Crippen molar-refractivity contribution in [3.05, 3.63) is 18.5 Å². The quantitative estimate of drug-likeness (QED) is 0.491. The molecule has 1 aromatic heterocycles. The Balaban J connectivity index is 0.000000336. The van der Waals surface area contributed by atoms with Crippen molar-refractivity contribution in [2.24, 2.45) is 0 Å². The predicted molar refractivity (Wildman–Crippen MR) is 42.2 cm³/mol. The SMILES string of the molecule is [O]O.c1cnc(N2CCC2)nc1. The highest BCUT2D eigenvalue weighted by atomic mass is 17.0. The van der Waals surface area contributed by atoms with Crippen LogP contribution in [-0.2, 0) is 5.26 Å². The number of hydrogen-bond acceptors (Lipinski definition) is 4. The Bertz CT molecular complexity index is 213. The van der Waals surface area contributed by atoms with Gasteiger partial charge in [0.2, 0.25) is 5.95 Å². The molecule has 1 N–H and O–H groups in total. The monoisotopic (exact) mass is 168 g/mol. The first-order valence-electron chi connectivity index (χ1n) is 3.67. The van der Waals surface area contributed by atoms with Crippen molar-refractivity contribution >= 4 is 5.95 Å². The van der Waals surface area contributed by atoms with Crippen molar-refractivity contribution in [2.45, 2.75) is 6.42 Å². The molecule has 1 aromatic rings. The van der Waals surface area contributed by atoms with Crippen LogP contribution in [0.5, 0.6) is 0 Å². The molecule has 2 rings (SSSR count). The van der Waals surface area contributed by atoms with Crippen LogP contribution in [0.4, 0.5) is 5.95 Å². The largest absolute Gasteiger partial charge is 0.341 e. The lowest BCUT2D eigenvalue weighted by Gasteiger charge is -2.30. The van der Waals surface area contributed by atoms with E-state index in [1.807, 2.05) is 6.07 Å². The molecule has 5 heteroatoms. The van der Waals surface area contributed by atoms with Crippen LogP contribution in [0, 0.1) is 0 Å². The van der Waals surface area contributed by atoms with Crippen molar-refractivity contribution in [3.63, 3.8) is 0 Å². The average molecular weight is 168 g/mol. The van der Waals surface area contributed by atoms with Gasteiger partial charge in [-0.3, -0.25) is 0 Å². The maximum absolute atomic E-state index is 7.25. The highest BCUT2D eigenvalue weighted by molar-refractivity contribution is 5.31. The first-order chi connectivity index (χ1) is 5.97. The van der Waals surface area contributed by atoms with Gasteiger partial charge in [-0.25, -0.2) is 15.2 Å². The average Bonchev–Trinajstić information content (AvgIpc) is 2.07. The summed E-state index contributed by atoms with van der Waals surface area (Å²) in [7, 11) is 0. The van der Waals surface area contributed by atoms with E-state index in [0.717, 1.165) is 19.0 Å². The summed E-state index contributed by atoms with van der Waals surface area (Å²) in [6.07, 6.45) is 4.83. The number of aromatic nitrogens is 2. The summed E-state index contributed by atoms with van der Waals surface area (Å²) < 4.78 is 0. The number of anilines is 1. The van der Waals surface area contributed by atoms with Crippen LogP contribution in [0.3, 0.4) is 0 Å². The second-order valence-electron chi connectivity index (χ2n) is 2.39. The Kier molecular flexibility index (Phi) is 3.43. The van der Waals surface area contributed by atoms with E-state index in [1.54, 1.807) is 12.4 Å². The van der Waals surface area contributed by atoms with Crippen molar-refractivity contribution in [2.75, 3.05) is 18.0 Å². The summed E-state index contributed by atoms with van der Waals surface area (Å²) in [6.45, 7) is 2.23. The van der Waals surface area contributed by atoms with E-state index in [-0.39, 0.29) is 0 Å². The second-order valence-corrected chi connectivity index (χ2v) is 2.39. The molecule has 1 aliphatic rings. The third-order valence-corrected chi connectivity index (χ3v) is 1.69. The molecule has 1 aliphatic heterocycles. The Morgan fingerprint density at radius 2 is 1.83 bits per heavy atom. The van der Waals surface area contributed by atoms with Crippen molar-refractivity contribution in [1.82, 2.24) is 9.97 Å². The molecule has 0 amide bonds. The Morgan fingerprint density at radius 1 is 1.25 bits per heavy atom. The van der Waals surface area contributed by atoms with Gasteiger partial charge in [0.25, 0.3) is 0 Å². The lowest BCUT2D eigenvalue weighted by Crippen LogP contribution is -2.38. The van der Waals surface area contributed by atoms with Crippen LogP contribution in [0.2, 0.25) is 0 Å². The van der Waals surface area contributed by atoms with Gasteiger partial charge >= 0.3 is 0 Å². The summed E-state index contributed by atoms with van der Waals surface area (Å²) in [4.78, 5) is 10.4. The third kappa shape index (κ3) is 1.90. The molecule has 65 valence electrons. The third-order valence-electron chi connectivity index (χ3n) is 1.69. The lowest BCUT2D eigenvalue weighted by molar-refractivity contribution is -0.247. The number of rotatable bonds is 1. The molecular formula is C7H10N3O2. The van der Waals surface area contributed by atoms with Gasteiger partial charge in [0.15, 0.2) is 0 Å². The molecule has 12 heavy (non-hydrogen) atoms. The molecule has 0 bridgehead atoms. The van der Waals surface area contributed by atoms with Gasteiger partial charge in [0.1, 0.15) is 0 Å². The molecule has 1 fully saturated rings. The fourth-order valence-electron chi connectivity index (χ4n) is 0.971. The van der Waals surface area contributed by atoms with Gasteiger partial charge in [-0.2, -0.15) is 0 Å². The van der Waals surface area contributed by atoms with E-state index in [0.29, 0.717) is 0 Å². The van der Waals surface area contributed by atoms with E-state index in [2.05, 4.69) is 14.9 Å². The van der Waals surface area contributed by atoms with Gasteiger partial charge in [0.05, 0.1) is 0 Å². The van der Waals surface area contributed by atoms with Gasteiger partial charge in [-0.1, -0.05) is 0 Å². The van der Waals surface area contributed by atoms with Crippen LogP contribution >= 0.6 is 0 Å². The molecule has 0 aliphatic carbocycles. The molecule has 5 nitrogen and oxygen atoms in total. The Labute approximate surface area is 70.2 Å². The fraction of sp³-hybridized carbons (Fsp3) is 0.429. The minimum absolute atomic E-state index is 0.869. The molecular weight excluding hydrogens is 158 g/mol. The van der Waals surface area contributed by atoms with E-state index >= 15 is 0 Å². The van der Waals surface area contributed by atoms with Crippen LogP contribution in [0.15, 0.2) is 18.5 Å². The lowest BCUT2D eigenvalue weighted by atomic mass is 10.2. The second kappa shape index (κ2) is 4.63. The van der Waals surface area contributed by atoms with E-state index in [9.17, 15) is 0 Å². The van der Waals surface area contributed by atoms with E-state index in [1.165, 1.54) is 6.42 Å². The first kappa shape index (κ1) is 8.89. The zero-order valence-corrected chi connectivity index (χ0v) is 6.55. The predicted octanol–water partition coefficient (Wildman–Crippen LogP) is 0.577. The number of nitrogens with zero attached hydrogens (tertiary/aromatic N) is 3. The Morgan fingerprint density at radius 3 is 2.25 bits per heavy atom. The maximum atomic E-state index is 7.25. The number of hydrogen-bond donors (Lipinski definition) is 1. The van der Waals surface area contributed by atoms with Gasteiger partial charge in [-0.15, -0.1) is 0 Å². The molecule has 1 saturated heterocycles. The molecule has 0 atom stereocenters. The van der Waals surface area contributed by atoms with Crippen LogP contribution in [-0.4, -0.2) is 28.3 Å². The Hall–Kier alpha value is -1.20. The molecule has 0 aromatic carbocycles. The van der Waals surface area contributed by atoms with Crippen LogP contribution in [0.25, 0.3) is 0 Å². The van der Waals surface area contributed by atoms with Gasteiger partial charge in [0, 0.05) is 25.5 Å². The summed E-state index contributed by atoms with van der Waals surface area (Å²) in [5.74, 6) is 0.869. The van der Waals surface area contributed by atoms with Crippen molar-refractivity contribution < 1.29 is 10.5 Å². The van der Waals surface area contributed by atoms with Crippen LogP contribution in [0.1, 0.15) is 6.42 Å². The summed E-state index contributed by atoms with van der Waals surface area (Å²) >= 11 is 0. The zero-order chi connectivity index (χ0) is 8.81. The van der Waals surface area contributed by atoms with Crippen molar-refractivity contribution in [1.29, 1.82) is 0 Å². The highest BCUT2D eigenvalue weighted by Gasteiger charge is 2.15. The van der Waals surface area contributed by atoms with E-state index < -0.39 is 0 Å². The van der Waals surface area contributed by atoms with E-state index in [4.69, 9.17) is 10.5 Å². The molecule has 1 radical (unpaired) electrons. The maximum Gasteiger partial charge on any atom is 0.225 e. The van der Waals surface area contributed by atoms with Gasteiger partial charge in [-0.05, 0) is 17.7 Å². The minimum atomic E-state index is 0.869. The topological polar surface area (TPSA) is 69.2 Å². The molecule has 0 unspecified atom stereocenters. The van der Waals surface area contributed by atoms with Gasteiger partial charge < -0.3 is 4.90 Å². The summed E-state index contributed by atoms with van der Waals surface area (Å²) in [5.41, 5.74) is 0. The smallest absolute Gasteiger partial charge is 0.225 e. The molecule has 0 saturated carbocycles.